The van der Waals surface area contributed by atoms with Crippen LogP contribution in [0.25, 0.3) is 0 Å². The van der Waals surface area contributed by atoms with Gasteiger partial charge in [0.2, 0.25) is 0 Å². The molecular formula is C42H79O13P. The Kier molecular flexibility index (Phi) is 31.4. The number of allylic oxidation sites excluding steroid dienone is 2. The maximum absolute atomic E-state index is 12.8. The molecular weight excluding hydrogens is 743 g/mol. The van der Waals surface area contributed by atoms with Crippen LogP contribution in [-0.2, 0) is 32.7 Å². The van der Waals surface area contributed by atoms with Crippen LogP contribution < -0.4 is 0 Å². The molecule has 0 heterocycles. The number of ether oxygens (including phenoxy) is 2. The predicted octanol–water partition coefficient (Wildman–Crippen LogP) is 7.89. The number of unbranched alkanes of at least 4 members (excludes halogenated alkanes) is 22. The van der Waals surface area contributed by atoms with Crippen molar-refractivity contribution in [1.82, 2.24) is 0 Å². The van der Waals surface area contributed by atoms with Crippen molar-refractivity contribution < 1.29 is 63.1 Å². The van der Waals surface area contributed by atoms with E-state index in [9.17, 15) is 44.6 Å². The summed E-state index contributed by atoms with van der Waals surface area (Å²) in [6.07, 6.45) is 19.9. The minimum Gasteiger partial charge on any atom is -0.462 e. The maximum atomic E-state index is 12.8. The summed E-state index contributed by atoms with van der Waals surface area (Å²) in [5.74, 6) is -1.10. The van der Waals surface area contributed by atoms with Crippen LogP contribution in [0.1, 0.15) is 187 Å². The first-order valence-corrected chi connectivity index (χ1v) is 23.5. The highest BCUT2D eigenvalue weighted by atomic mass is 31.2. The minimum atomic E-state index is -5.11. The lowest BCUT2D eigenvalue weighted by Gasteiger charge is -2.41. The van der Waals surface area contributed by atoms with Crippen LogP contribution in [0.15, 0.2) is 12.2 Å². The summed E-state index contributed by atoms with van der Waals surface area (Å²) in [6.45, 7) is 3.27. The lowest BCUT2D eigenvalue weighted by atomic mass is 9.85. The Balaban J connectivity index is 2.48. The van der Waals surface area contributed by atoms with Gasteiger partial charge in [0.05, 0.1) is 6.61 Å². The molecule has 13 nitrogen and oxygen atoms in total. The molecule has 6 N–H and O–H groups in total. The molecule has 0 aromatic carbocycles. The van der Waals surface area contributed by atoms with E-state index in [4.69, 9.17) is 18.5 Å². The van der Waals surface area contributed by atoms with Gasteiger partial charge in [-0.2, -0.15) is 0 Å². The summed E-state index contributed by atoms with van der Waals surface area (Å²) in [5.41, 5.74) is 0. The molecule has 1 rings (SSSR count). The van der Waals surface area contributed by atoms with Crippen LogP contribution >= 0.6 is 7.82 Å². The number of rotatable bonds is 36. The molecule has 330 valence electrons. The zero-order valence-corrected chi connectivity index (χ0v) is 35.6. The third kappa shape index (κ3) is 25.8. The molecule has 8 atom stereocenters. The van der Waals surface area contributed by atoms with Gasteiger partial charge in [0, 0.05) is 12.8 Å². The minimum absolute atomic E-state index is 0.101. The Hall–Kier alpha value is -1.41. The Morgan fingerprint density at radius 2 is 0.911 bits per heavy atom. The second-order valence-electron chi connectivity index (χ2n) is 15.6. The van der Waals surface area contributed by atoms with Crippen molar-refractivity contribution in [3.63, 3.8) is 0 Å². The van der Waals surface area contributed by atoms with Gasteiger partial charge in [0.25, 0.3) is 0 Å². The fourth-order valence-electron chi connectivity index (χ4n) is 6.75. The average molecular weight is 823 g/mol. The number of esters is 2. The number of aliphatic hydroxyl groups is 5. The van der Waals surface area contributed by atoms with Gasteiger partial charge in [0.15, 0.2) is 6.10 Å². The fraction of sp³-hybridized carbons (Fsp3) is 0.905. The van der Waals surface area contributed by atoms with Gasteiger partial charge in [0.1, 0.15) is 43.2 Å². The summed E-state index contributed by atoms with van der Waals surface area (Å²) in [6, 6.07) is 0. The monoisotopic (exact) mass is 823 g/mol. The lowest BCUT2D eigenvalue weighted by Crippen LogP contribution is -2.64. The first-order chi connectivity index (χ1) is 26.9. The van der Waals surface area contributed by atoms with E-state index in [0.29, 0.717) is 12.8 Å². The van der Waals surface area contributed by atoms with Gasteiger partial charge >= 0.3 is 19.8 Å². The van der Waals surface area contributed by atoms with E-state index >= 15 is 0 Å². The van der Waals surface area contributed by atoms with Crippen molar-refractivity contribution in [3.8, 4) is 0 Å². The largest absolute Gasteiger partial charge is 0.472 e. The zero-order valence-electron chi connectivity index (χ0n) is 34.7. The average Bonchev–Trinajstić information content (AvgIpc) is 3.18. The predicted molar refractivity (Wildman–Crippen MR) is 217 cm³/mol. The molecule has 1 aliphatic carbocycles. The molecule has 0 aromatic rings. The summed E-state index contributed by atoms with van der Waals surface area (Å²) < 4.78 is 33.4. The molecule has 0 aliphatic heterocycles. The fourth-order valence-corrected chi connectivity index (χ4v) is 7.73. The van der Waals surface area contributed by atoms with Crippen molar-refractivity contribution in [3.05, 3.63) is 12.2 Å². The number of aliphatic hydroxyl groups excluding tert-OH is 5. The highest BCUT2D eigenvalue weighted by molar-refractivity contribution is 7.47. The number of phosphoric ester groups is 1. The van der Waals surface area contributed by atoms with Gasteiger partial charge < -0.3 is 39.9 Å². The molecule has 0 aromatic heterocycles. The van der Waals surface area contributed by atoms with E-state index in [0.717, 1.165) is 57.8 Å². The van der Waals surface area contributed by atoms with Crippen molar-refractivity contribution in [2.75, 3.05) is 13.2 Å². The molecule has 1 saturated carbocycles. The molecule has 0 amide bonds. The molecule has 0 radical (unpaired) electrons. The van der Waals surface area contributed by atoms with Crippen molar-refractivity contribution in [1.29, 1.82) is 0 Å². The summed E-state index contributed by atoms with van der Waals surface area (Å²) >= 11 is 0. The van der Waals surface area contributed by atoms with Crippen molar-refractivity contribution >= 4 is 19.8 Å². The van der Waals surface area contributed by atoms with Crippen molar-refractivity contribution in [2.45, 2.75) is 230 Å². The van der Waals surface area contributed by atoms with Gasteiger partial charge in [-0.3, -0.25) is 18.6 Å². The number of hydrogen-bond acceptors (Lipinski definition) is 12. The standard InChI is InChI=1S/C42H79O13P/c1-3-5-7-9-11-13-15-17-18-19-21-22-24-26-28-30-35(43)52-32-34(54-36(44)31-29-27-25-23-20-16-14-12-10-8-6-4-2)33-53-56(50,51)55-42-40(48)38(46)37(45)39(47)41(42)49/h13,15,34,37-42,45-49H,3-12,14,16-33H2,1-2H3,(H,50,51)/b15-13+/t34-,37?,38-,39?,40?,41?,42?/m0/s1. The van der Waals surface area contributed by atoms with Crippen LogP contribution in [0, 0.1) is 0 Å². The highest BCUT2D eigenvalue weighted by Gasteiger charge is 2.51. The van der Waals surface area contributed by atoms with Gasteiger partial charge in [-0.25, -0.2) is 4.57 Å². The SMILES string of the molecule is CCCCCC/C=C/CCCCCCCCCC(=O)OC[C@@H](COP(=O)(O)OC1C(O)C(O)C(O)[C@H](O)C1O)OC(=O)CCCCCCCCCCCCCC. The molecule has 14 heteroatoms. The van der Waals surface area contributed by atoms with Crippen LogP contribution in [0.2, 0.25) is 0 Å². The molecule has 1 fully saturated rings. The summed E-state index contributed by atoms with van der Waals surface area (Å²) in [7, 11) is -5.11. The third-order valence-electron chi connectivity index (χ3n) is 10.4. The van der Waals surface area contributed by atoms with E-state index in [-0.39, 0.29) is 12.8 Å². The Labute approximate surface area is 337 Å². The topological polar surface area (TPSA) is 210 Å². The van der Waals surface area contributed by atoms with Crippen LogP contribution in [0.5, 0.6) is 0 Å². The molecule has 0 spiro atoms. The van der Waals surface area contributed by atoms with Crippen molar-refractivity contribution in [2.24, 2.45) is 0 Å². The summed E-state index contributed by atoms with van der Waals surface area (Å²) in [5, 5.41) is 50.0. The third-order valence-corrected chi connectivity index (χ3v) is 11.3. The van der Waals surface area contributed by atoms with Crippen LogP contribution in [0.4, 0.5) is 0 Å². The smallest absolute Gasteiger partial charge is 0.462 e. The quantitative estimate of drug-likeness (QED) is 0.0154. The Morgan fingerprint density at radius 1 is 0.536 bits per heavy atom. The van der Waals surface area contributed by atoms with Crippen LogP contribution in [-0.4, -0.2) is 98.3 Å². The van der Waals surface area contributed by atoms with E-state index < -0.39 is 75.7 Å². The van der Waals surface area contributed by atoms with Gasteiger partial charge in [-0.1, -0.05) is 148 Å². The Bertz CT molecular complexity index is 1040. The van der Waals surface area contributed by atoms with E-state index in [1.807, 2.05) is 0 Å². The number of hydrogen-bond donors (Lipinski definition) is 6. The van der Waals surface area contributed by atoms with E-state index in [1.165, 1.54) is 89.9 Å². The lowest BCUT2D eigenvalue weighted by molar-refractivity contribution is -0.220. The second kappa shape index (κ2) is 33.4. The molecule has 1 aliphatic rings. The number of carbonyl (C=O) groups is 2. The first kappa shape index (κ1) is 52.6. The maximum Gasteiger partial charge on any atom is 0.472 e. The molecule has 56 heavy (non-hydrogen) atoms. The van der Waals surface area contributed by atoms with E-state index in [1.54, 1.807) is 0 Å². The highest BCUT2D eigenvalue weighted by Crippen LogP contribution is 2.47. The van der Waals surface area contributed by atoms with E-state index in [2.05, 4.69) is 26.0 Å². The number of phosphoric acid groups is 1. The second-order valence-corrected chi connectivity index (χ2v) is 17.0. The molecule has 0 saturated heterocycles. The van der Waals surface area contributed by atoms with Gasteiger partial charge in [-0.05, 0) is 38.5 Å². The van der Waals surface area contributed by atoms with Crippen LogP contribution in [0.3, 0.4) is 0 Å². The Morgan fingerprint density at radius 3 is 1.38 bits per heavy atom. The summed E-state index contributed by atoms with van der Waals surface area (Å²) in [4.78, 5) is 35.6. The zero-order chi connectivity index (χ0) is 41.4. The van der Waals surface area contributed by atoms with Gasteiger partial charge in [-0.15, -0.1) is 0 Å². The molecule has 6 unspecified atom stereocenters. The first-order valence-electron chi connectivity index (χ1n) is 22.0. The number of carbonyl (C=O) groups excluding carboxylic acids is 2. The molecule has 0 bridgehead atoms. The normalized spacial score (nSPS) is 22.9.